The molecule has 94 valence electrons. The van der Waals surface area contributed by atoms with Crippen LogP contribution in [0.2, 0.25) is 0 Å². The summed E-state index contributed by atoms with van der Waals surface area (Å²) < 4.78 is 5.06. The first kappa shape index (κ1) is 12.1. The van der Waals surface area contributed by atoms with Gasteiger partial charge in [0.05, 0.1) is 12.1 Å². The molecule has 5 heteroatoms. The summed E-state index contributed by atoms with van der Waals surface area (Å²) in [6, 6.07) is 0.123. The SMILES string of the molecule is Cc1noc(C)c1CC(=O)N1CCC[C@H](N)C1. The Labute approximate surface area is 101 Å². The summed E-state index contributed by atoms with van der Waals surface area (Å²) in [6.45, 7) is 5.18. The first-order valence-corrected chi connectivity index (χ1v) is 6.03. The number of carbonyl (C=O) groups is 1. The minimum Gasteiger partial charge on any atom is -0.361 e. The molecule has 1 fully saturated rings. The number of aryl methyl sites for hydroxylation is 2. The lowest BCUT2D eigenvalue weighted by Gasteiger charge is -2.30. The Morgan fingerprint density at radius 3 is 2.94 bits per heavy atom. The molecule has 1 aliphatic heterocycles. The fourth-order valence-electron chi connectivity index (χ4n) is 2.25. The van der Waals surface area contributed by atoms with Crippen molar-refractivity contribution in [1.82, 2.24) is 10.1 Å². The molecule has 0 bridgehead atoms. The van der Waals surface area contributed by atoms with E-state index in [9.17, 15) is 4.79 Å². The van der Waals surface area contributed by atoms with Crippen LogP contribution >= 0.6 is 0 Å². The van der Waals surface area contributed by atoms with Crippen LogP contribution in [0.15, 0.2) is 4.52 Å². The third-order valence-electron chi connectivity index (χ3n) is 3.32. The van der Waals surface area contributed by atoms with E-state index in [0.717, 1.165) is 36.4 Å². The first-order chi connectivity index (χ1) is 8.08. The summed E-state index contributed by atoms with van der Waals surface area (Å²) in [5, 5.41) is 3.86. The second-order valence-electron chi connectivity index (χ2n) is 4.72. The summed E-state index contributed by atoms with van der Waals surface area (Å²) in [4.78, 5) is 14.0. The molecule has 2 heterocycles. The van der Waals surface area contributed by atoms with E-state index in [0.29, 0.717) is 13.0 Å². The summed E-state index contributed by atoms with van der Waals surface area (Å²) in [6.07, 6.45) is 2.37. The van der Waals surface area contributed by atoms with Gasteiger partial charge in [0.2, 0.25) is 5.91 Å². The van der Waals surface area contributed by atoms with Crippen LogP contribution in [-0.4, -0.2) is 35.1 Å². The predicted octanol–water partition coefficient (Wildman–Crippen LogP) is 0.784. The molecule has 0 aromatic carbocycles. The zero-order valence-electron chi connectivity index (χ0n) is 10.4. The Kier molecular flexibility index (Phi) is 3.47. The molecule has 5 nitrogen and oxygen atoms in total. The van der Waals surface area contributed by atoms with Gasteiger partial charge in [0.15, 0.2) is 0 Å². The monoisotopic (exact) mass is 237 g/mol. The maximum absolute atomic E-state index is 12.1. The molecule has 0 saturated carbocycles. The van der Waals surface area contributed by atoms with Crippen molar-refractivity contribution in [2.75, 3.05) is 13.1 Å². The van der Waals surface area contributed by atoms with Gasteiger partial charge in [-0.3, -0.25) is 4.79 Å². The van der Waals surface area contributed by atoms with E-state index in [2.05, 4.69) is 5.16 Å². The number of hydrogen-bond acceptors (Lipinski definition) is 4. The van der Waals surface area contributed by atoms with E-state index in [-0.39, 0.29) is 11.9 Å². The van der Waals surface area contributed by atoms with Crippen LogP contribution in [0, 0.1) is 13.8 Å². The molecule has 1 saturated heterocycles. The van der Waals surface area contributed by atoms with Crippen molar-refractivity contribution in [3.8, 4) is 0 Å². The van der Waals surface area contributed by atoms with Gasteiger partial charge in [-0.15, -0.1) is 0 Å². The molecular weight excluding hydrogens is 218 g/mol. The number of rotatable bonds is 2. The van der Waals surface area contributed by atoms with E-state index < -0.39 is 0 Å². The van der Waals surface area contributed by atoms with E-state index in [4.69, 9.17) is 10.3 Å². The molecule has 0 radical (unpaired) electrons. The van der Waals surface area contributed by atoms with Crippen LogP contribution in [-0.2, 0) is 11.2 Å². The van der Waals surface area contributed by atoms with Gasteiger partial charge < -0.3 is 15.2 Å². The van der Waals surface area contributed by atoms with Gasteiger partial charge in [-0.1, -0.05) is 5.16 Å². The van der Waals surface area contributed by atoms with Crippen molar-refractivity contribution < 1.29 is 9.32 Å². The number of nitrogens with two attached hydrogens (primary N) is 1. The quantitative estimate of drug-likeness (QED) is 0.825. The van der Waals surface area contributed by atoms with Crippen molar-refractivity contribution in [3.05, 3.63) is 17.0 Å². The number of piperidine rings is 1. The number of carbonyl (C=O) groups excluding carboxylic acids is 1. The van der Waals surface area contributed by atoms with Gasteiger partial charge in [0, 0.05) is 24.7 Å². The summed E-state index contributed by atoms with van der Waals surface area (Å²) in [7, 11) is 0. The van der Waals surface area contributed by atoms with Crippen molar-refractivity contribution in [1.29, 1.82) is 0 Å². The Bertz CT molecular complexity index is 394. The van der Waals surface area contributed by atoms with Gasteiger partial charge in [0.25, 0.3) is 0 Å². The molecule has 1 aromatic rings. The highest BCUT2D eigenvalue weighted by Gasteiger charge is 2.23. The highest BCUT2D eigenvalue weighted by Crippen LogP contribution is 2.16. The average molecular weight is 237 g/mol. The zero-order chi connectivity index (χ0) is 12.4. The lowest BCUT2D eigenvalue weighted by molar-refractivity contribution is -0.131. The third-order valence-corrected chi connectivity index (χ3v) is 3.32. The average Bonchev–Trinajstić information content (AvgIpc) is 2.61. The van der Waals surface area contributed by atoms with Crippen LogP contribution in [0.1, 0.15) is 29.9 Å². The smallest absolute Gasteiger partial charge is 0.227 e. The molecule has 2 N–H and O–H groups in total. The van der Waals surface area contributed by atoms with Crippen LogP contribution < -0.4 is 5.73 Å². The summed E-state index contributed by atoms with van der Waals surface area (Å²) >= 11 is 0. The third kappa shape index (κ3) is 2.66. The predicted molar refractivity (Wildman–Crippen MR) is 63.5 cm³/mol. The second-order valence-corrected chi connectivity index (χ2v) is 4.72. The van der Waals surface area contributed by atoms with Crippen LogP contribution in [0.5, 0.6) is 0 Å². The maximum Gasteiger partial charge on any atom is 0.227 e. The molecule has 0 unspecified atom stereocenters. The van der Waals surface area contributed by atoms with Crippen molar-refractivity contribution in [2.24, 2.45) is 5.73 Å². The van der Waals surface area contributed by atoms with Crippen molar-refractivity contribution in [3.63, 3.8) is 0 Å². The standard InChI is InChI=1S/C12H19N3O2/c1-8-11(9(2)17-14-8)6-12(16)15-5-3-4-10(13)7-15/h10H,3-7,13H2,1-2H3/t10-/m0/s1. The lowest BCUT2D eigenvalue weighted by Crippen LogP contribution is -2.46. The Hall–Kier alpha value is -1.36. The fourth-order valence-corrected chi connectivity index (χ4v) is 2.25. The van der Waals surface area contributed by atoms with E-state index in [1.54, 1.807) is 0 Å². The molecule has 1 aliphatic rings. The number of amides is 1. The second kappa shape index (κ2) is 4.87. The lowest BCUT2D eigenvalue weighted by atomic mass is 10.0. The Morgan fingerprint density at radius 1 is 1.59 bits per heavy atom. The number of hydrogen-bond donors (Lipinski definition) is 1. The Morgan fingerprint density at radius 2 is 2.35 bits per heavy atom. The zero-order valence-corrected chi connectivity index (χ0v) is 10.4. The number of aromatic nitrogens is 1. The highest BCUT2D eigenvalue weighted by molar-refractivity contribution is 5.79. The van der Waals surface area contributed by atoms with Gasteiger partial charge in [-0.25, -0.2) is 0 Å². The van der Waals surface area contributed by atoms with Gasteiger partial charge >= 0.3 is 0 Å². The van der Waals surface area contributed by atoms with Crippen LogP contribution in [0.4, 0.5) is 0 Å². The molecular formula is C12H19N3O2. The molecule has 17 heavy (non-hydrogen) atoms. The number of likely N-dealkylation sites (tertiary alicyclic amines) is 1. The van der Waals surface area contributed by atoms with Crippen molar-refractivity contribution >= 4 is 5.91 Å². The van der Waals surface area contributed by atoms with Crippen molar-refractivity contribution in [2.45, 2.75) is 39.2 Å². The molecule has 1 atom stereocenters. The molecule has 0 spiro atoms. The normalized spacial score (nSPS) is 20.6. The molecule has 1 aromatic heterocycles. The largest absolute Gasteiger partial charge is 0.361 e. The highest BCUT2D eigenvalue weighted by atomic mass is 16.5. The fraction of sp³-hybridized carbons (Fsp3) is 0.667. The molecule has 0 aliphatic carbocycles. The van der Waals surface area contributed by atoms with E-state index in [1.807, 2.05) is 18.7 Å². The number of nitrogens with zero attached hydrogens (tertiary/aromatic N) is 2. The van der Waals surface area contributed by atoms with E-state index >= 15 is 0 Å². The van der Waals surface area contributed by atoms with E-state index in [1.165, 1.54) is 0 Å². The molecule has 2 rings (SSSR count). The van der Waals surface area contributed by atoms with Gasteiger partial charge in [0.1, 0.15) is 5.76 Å². The van der Waals surface area contributed by atoms with Gasteiger partial charge in [-0.05, 0) is 26.7 Å². The van der Waals surface area contributed by atoms with Crippen LogP contribution in [0.3, 0.4) is 0 Å². The summed E-state index contributed by atoms with van der Waals surface area (Å²) in [5.74, 6) is 0.853. The minimum absolute atomic E-state index is 0.120. The molecule has 1 amide bonds. The summed E-state index contributed by atoms with van der Waals surface area (Å²) in [5.41, 5.74) is 7.59. The Balaban J connectivity index is 2.01. The first-order valence-electron chi connectivity index (χ1n) is 6.03. The minimum atomic E-state index is 0.120. The topological polar surface area (TPSA) is 72.4 Å². The van der Waals surface area contributed by atoms with Gasteiger partial charge in [-0.2, -0.15) is 0 Å². The maximum atomic E-state index is 12.1. The van der Waals surface area contributed by atoms with Crippen LogP contribution in [0.25, 0.3) is 0 Å².